The van der Waals surface area contributed by atoms with Gasteiger partial charge in [0.15, 0.2) is 0 Å². The van der Waals surface area contributed by atoms with Gasteiger partial charge >= 0.3 is 0 Å². The van der Waals surface area contributed by atoms with Crippen molar-refractivity contribution in [1.82, 2.24) is 15.2 Å². The average Bonchev–Trinajstić information content (AvgIpc) is 2.39. The molecule has 0 spiro atoms. The summed E-state index contributed by atoms with van der Waals surface area (Å²) in [7, 11) is 4.17. The van der Waals surface area contributed by atoms with E-state index >= 15 is 0 Å². The summed E-state index contributed by atoms with van der Waals surface area (Å²) in [6.07, 6.45) is 3.02. The van der Waals surface area contributed by atoms with Crippen LogP contribution in [-0.4, -0.2) is 37.1 Å². The zero-order chi connectivity index (χ0) is 12.8. The van der Waals surface area contributed by atoms with Gasteiger partial charge in [-0.25, -0.2) is 0 Å². The number of rotatable bonds is 6. The van der Waals surface area contributed by atoms with E-state index in [0.29, 0.717) is 0 Å². The largest absolute Gasteiger partial charge is 0.320 e. The number of hydrogen-bond acceptors (Lipinski definition) is 3. The molecule has 1 aromatic carbocycles. The molecule has 96 valence electrons. The molecule has 0 aliphatic rings. The lowest BCUT2D eigenvalue weighted by Crippen LogP contribution is -2.22. The Morgan fingerprint density at radius 3 is 3.00 bits per heavy atom. The molecule has 0 saturated heterocycles. The second kappa shape index (κ2) is 6.47. The summed E-state index contributed by atoms with van der Waals surface area (Å²) < 4.78 is 0. The summed E-state index contributed by atoms with van der Waals surface area (Å²) in [6, 6.07) is 10.6. The molecule has 2 aromatic rings. The third-order valence-corrected chi connectivity index (χ3v) is 3.09. The number of benzene rings is 1. The molecule has 1 aromatic heterocycles. The van der Waals surface area contributed by atoms with E-state index < -0.39 is 0 Å². The van der Waals surface area contributed by atoms with Crippen LogP contribution in [0.15, 0.2) is 36.5 Å². The molecule has 0 amide bonds. The fourth-order valence-electron chi connectivity index (χ4n) is 2.14. The standard InChI is InChI=1S/C15H21N3/c1-16-8-4-10-18(2)12-13-6-7-15-14(11-13)5-3-9-17-15/h3,5-7,9,11,16H,4,8,10,12H2,1-2H3. The Bertz CT molecular complexity index is 496. The van der Waals surface area contributed by atoms with Crippen LogP contribution in [0.3, 0.4) is 0 Å². The van der Waals surface area contributed by atoms with Gasteiger partial charge in [0.25, 0.3) is 0 Å². The monoisotopic (exact) mass is 243 g/mol. The Labute approximate surface area is 109 Å². The first kappa shape index (κ1) is 13.0. The molecule has 0 aliphatic carbocycles. The van der Waals surface area contributed by atoms with Crippen molar-refractivity contribution in [3.63, 3.8) is 0 Å². The third-order valence-electron chi connectivity index (χ3n) is 3.09. The van der Waals surface area contributed by atoms with E-state index in [-0.39, 0.29) is 0 Å². The van der Waals surface area contributed by atoms with Gasteiger partial charge in [0.05, 0.1) is 5.52 Å². The van der Waals surface area contributed by atoms with E-state index in [1.54, 1.807) is 0 Å². The Morgan fingerprint density at radius 1 is 1.28 bits per heavy atom. The lowest BCUT2D eigenvalue weighted by atomic mass is 10.1. The van der Waals surface area contributed by atoms with Crippen molar-refractivity contribution in [3.05, 3.63) is 42.1 Å². The number of nitrogens with one attached hydrogen (secondary N) is 1. The molecule has 3 nitrogen and oxygen atoms in total. The minimum Gasteiger partial charge on any atom is -0.320 e. The first-order valence-electron chi connectivity index (χ1n) is 6.46. The molecule has 0 unspecified atom stereocenters. The number of pyridine rings is 1. The fraction of sp³-hybridized carbons (Fsp3) is 0.400. The number of nitrogens with zero attached hydrogens (tertiary/aromatic N) is 2. The van der Waals surface area contributed by atoms with Crippen LogP contribution in [0.4, 0.5) is 0 Å². The summed E-state index contributed by atoms with van der Waals surface area (Å²) >= 11 is 0. The maximum atomic E-state index is 4.34. The van der Waals surface area contributed by atoms with E-state index in [2.05, 4.69) is 46.5 Å². The van der Waals surface area contributed by atoms with Gasteiger partial charge in [-0.3, -0.25) is 4.98 Å². The topological polar surface area (TPSA) is 28.2 Å². The highest BCUT2D eigenvalue weighted by Gasteiger charge is 2.01. The van der Waals surface area contributed by atoms with Gasteiger partial charge in [-0.15, -0.1) is 0 Å². The Morgan fingerprint density at radius 2 is 2.17 bits per heavy atom. The summed E-state index contributed by atoms with van der Waals surface area (Å²) in [4.78, 5) is 6.70. The van der Waals surface area contributed by atoms with Gasteiger partial charge in [0.1, 0.15) is 0 Å². The lowest BCUT2D eigenvalue weighted by molar-refractivity contribution is 0.321. The van der Waals surface area contributed by atoms with Crippen molar-refractivity contribution in [2.45, 2.75) is 13.0 Å². The number of hydrogen-bond donors (Lipinski definition) is 1. The van der Waals surface area contributed by atoms with Crippen molar-refractivity contribution in [3.8, 4) is 0 Å². The van der Waals surface area contributed by atoms with E-state index in [4.69, 9.17) is 0 Å². The van der Waals surface area contributed by atoms with Crippen LogP contribution in [0.25, 0.3) is 10.9 Å². The Kier molecular flexibility index (Phi) is 4.67. The highest BCUT2D eigenvalue weighted by molar-refractivity contribution is 5.78. The van der Waals surface area contributed by atoms with E-state index in [0.717, 1.165) is 25.2 Å². The van der Waals surface area contributed by atoms with Crippen LogP contribution >= 0.6 is 0 Å². The summed E-state index contributed by atoms with van der Waals surface area (Å²) in [5, 5.41) is 4.40. The molecule has 1 N–H and O–H groups in total. The normalized spacial score (nSPS) is 11.3. The van der Waals surface area contributed by atoms with Gasteiger partial charge < -0.3 is 10.2 Å². The quantitative estimate of drug-likeness (QED) is 0.789. The SMILES string of the molecule is CNCCCN(C)Cc1ccc2ncccc2c1. The molecule has 18 heavy (non-hydrogen) atoms. The van der Waals surface area contributed by atoms with Crippen LogP contribution < -0.4 is 5.32 Å². The van der Waals surface area contributed by atoms with Gasteiger partial charge in [0, 0.05) is 18.1 Å². The summed E-state index contributed by atoms with van der Waals surface area (Å²) in [5.74, 6) is 0. The second-order valence-electron chi connectivity index (χ2n) is 4.73. The van der Waals surface area contributed by atoms with Crippen molar-refractivity contribution < 1.29 is 0 Å². The molecule has 1 heterocycles. The van der Waals surface area contributed by atoms with E-state index in [1.165, 1.54) is 17.4 Å². The zero-order valence-corrected chi connectivity index (χ0v) is 11.2. The molecule has 2 rings (SSSR count). The maximum absolute atomic E-state index is 4.34. The Balaban J connectivity index is 1.98. The highest BCUT2D eigenvalue weighted by Crippen LogP contribution is 2.14. The first-order valence-corrected chi connectivity index (χ1v) is 6.46. The smallest absolute Gasteiger partial charge is 0.0702 e. The van der Waals surface area contributed by atoms with E-state index in [9.17, 15) is 0 Å². The molecular weight excluding hydrogens is 222 g/mol. The van der Waals surface area contributed by atoms with Crippen LogP contribution in [0.2, 0.25) is 0 Å². The maximum Gasteiger partial charge on any atom is 0.0702 e. The molecule has 0 atom stereocenters. The van der Waals surface area contributed by atoms with E-state index in [1.807, 2.05) is 19.3 Å². The molecule has 3 heteroatoms. The second-order valence-corrected chi connectivity index (χ2v) is 4.73. The van der Waals surface area contributed by atoms with Crippen molar-refractivity contribution in [2.24, 2.45) is 0 Å². The summed E-state index contributed by atoms with van der Waals surface area (Å²) in [5.41, 5.74) is 2.42. The minimum absolute atomic E-state index is 0.995. The van der Waals surface area contributed by atoms with Crippen LogP contribution in [0.5, 0.6) is 0 Å². The van der Waals surface area contributed by atoms with Crippen molar-refractivity contribution in [2.75, 3.05) is 27.2 Å². The van der Waals surface area contributed by atoms with Gasteiger partial charge in [-0.2, -0.15) is 0 Å². The predicted octanol–water partition coefficient (Wildman–Crippen LogP) is 2.28. The first-order chi connectivity index (χ1) is 8.79. The Hall–Kier alpha value is -1.45. The third kappa shape index (κ3) is 3.52. The zero-order valence-electron chi connectivity index (χ0n) is 11.2. The molecule has 0 bridgehead atoms. The lowest BCUT2D eigenvalue weighted by Gasteiger charge is -2.16. The van der Waals surface area contributed by atoms with Gasteiger partial charge in [-0.1, -0.05) is 12.1 Å². The minimum atomic E-state index is 0.995. The average molecular weight is 243 g/mol. The molecule has 0 radical (unpaired) electrons. The predicted molar refractivity (Wildman–Crippen MR) is 76.6 cm³/mol. The highest BCUT2D eigenvalue weighted by atomic mass is 15.1. The van der Waals surface area contributed by atoms with Crippen LogP contribution in [0, 0.1) is 0 Å². The molecular formula is C15H21N3. The number of aromatic nitrogens is 1. The van der Waals surface area contributed by atoms with Gasteiger partial charge in [0.2, 0.25) is 0 Å². The molecule has 0 fully saturated rings. The number of fused-ring (bicyclic) bond motifs is 1. The van der Waals surface area contributed by atoms with Crippen LogP contribution in [0.1, 0.15) is 12.0 Å². The van der Waals surface area contributed by atoms with Crippen LogP contribution in [-0.2, 0) is 6.54 Å². The summed E-state index contributed by atoms with van der Waals surface area (Å²) in [6.45, 7) is 3.19. The van der Waals surface area contributed by atoms with Crippen molar-refractivity contribution >= 4 is 10.9 Å². The molecule has 0 saturated carbocycles. The molecule has 0 aliphatic heterocycles. The fourth-order valence-corrected chi connectivity index (χ4v) is 2.14. The van der Waals surface area contributed by atoms with Crippen molar-refractivity contribution in [1.29, 1.82) is 0 Å². The van der Waals surface area contributed by atoms with Gasteiger partial charge in [-0.05, 0) is 57.4 Å².